The molecule has 0 fully saturated rings. The van der Waals surface area contributed by atoms with Crippen molar-refractivity contribution in [1.82, 2.24) is 9.99 Å². The first-order valence-electron chi connectivity index (χ1n) is 7.10. The van der Waals surface area contributed by atoms with Crippen molar-refractivity contribution in [2.24, 2.45) is 5.10 Å². The van der Waals surface area contributed by atoms with Gasteiger partial charge in [-0.1, -0.05) is 30.3 Å². The van der Waals surface area contributed by atoms with Gasteiger partial charge in [0, 0.05) is 23.3 Å². The molecular formula is C18H11N3O2. The van der Waals surface area contributed by atoms with Crippen LogP contribution in [0.15, 0.2) is 66.0 Å². The Balaban J connectivity index is 1.82. The number of imide groups is 1. The molecular weight excluding hydrogens is 290 g/mol. The van der Waals surface area contributed by atoms with E-state index >= 15 is 0 Å². The second-order valence-corrected chi connectivity index (χ2v) is 5.16. The number of nitrogens with zero attached hydrogens (tertiary/aromatic N) is 3. The molecule has 23 heavy (non-hydrogen) atoms. The first-order chi connectivity index (χ1) is 11.3. The van der Waals surface area contributed by atoms with Gasteiger partial charge in [0.25, 0.3) is 11.8 Å². The number of aromatic nitrogens is 1. The zero-order valence-electron chi connectivity index (χ0n) is 12.0. The van der Waals surface area contributed by atoms with E-state index in [0.717, 1.165) is 10.4 Å². The molecule has 0 unspecified atom stereocenters. The third kappa shape index (κ3) is 2.10. The Labute approximate surface area is 131 Å². The van der Waals surface area contributed by atoms with Gasteiger partial charge in [-0.15, -0.1) is 0 Å². The molecule has 2 amide bonds. The summed E-state index contributed by atoms with van der Waals surface area (Å²) in [4.78, 5) is 29.2. The van der Waals surface area contributed by atoms with Crippen molar-refractivity contribution in [1.29, 1.82) is 0 Å². The molecule has 0 spiro atoms. The van der Waals surface area contributed by atoms with Crippen molar-refractivity contribution in [2.75, 3.05) is 0 Å². The molecule has 0 radical (unpaired) electrons. The van der Waals surface area contributed by atoms with E-state index in [1.807, 2.05) is 12.1 Å². The topological polar surface area (TPSA) is 62.6 Å². The normalized spacial score (nSPS) is 14.0. The predicted octanol–water partition coefficient (Wildman–Crippen LogP) is 2.86. The molecule has 0 saturated heterocycles. The minimum absolute atomic E-state index is 0.417. The lowest BCUT2D eigenvalue weighted by atomic mass is 9.95. The number of rotatable bonds is 2. The van der Waals surface area contributed by atoms with Crippen LogP contribution in [0.4, 0.5) is 0 Å². The zero-order valence-corrected chi connectivity index (χ0v) is 12.0. The summed E-state index contributed by atoms with van der Waals surface area (Å²) in [6, 6.07) is 14.4. The highest BCUT2D eigenvalue weighted by Gasteiger charge is 2.32. The number of amides is 2. The van der Waals surface area contributed by atoms with Crippen LogP contribution in [0.3, 0.4) is 0 Å². The quantitative estimate of drug-likeness (QED) is 0.540. The molecule has 0 bridgehead atoms. The van der Waals surface area contributed by atoms with Crippen molar-refractivity contribution >= 4 is 28.8 Å². The molecule has 1 aliphatic heterocycles. The van der Waals surface area contributed by atoms with E-state index in [0.29, 0.717) is 22.1 Å². The van der Waals surface area contributed by atoms with Gasteiger partial charge in [-0.25, -0.2) is 0 Å². The summed E-state index contributed by atoms with van der Waals surface area (Å²) in [6.45, 7) is 0. The maximum absolute atomic E-state index is 12.6. The standard InChI is InChI=1S/C18H11N3O2/c22-17-14-7-1-5-13-6-2-8-15(16(13)14)18(23)21(17)20-11-12-4-3-9-19-10-12/h1-11H. The average molecular weight is 301 g/mol. The number of hydrogen-bond acceptors (Lipinski definition) is 4. The molecule has 2 aromatic carbocycles. The van der Waals surface area contributed by atoms with Crippen LogP contribution in [-0.2, 0) is 0 Å². The molecule has 5 nitrogen and oxygen atoms in total. The van der Waals surface area contributed by atoms with E-state index < -0.39 is 11.8 Å². The van der Waals surface area contributed by atoms with Crippen LogP contribution in [0, 0.1) is 0 Å². The lowest BCUT2D eigenvalue weighted by Crippen LogP contribution is -2.36. The van der Waals surface area contributed by atoms with E-state index in [1.54, 1.807) is 48.8 Å². The molecule has 5 heteroatoms. The van der Waals surface area contributed by atoms with Gasteiger partial charge in [-0.3, -0.25) is 14.6 Å². The molecule has 0 N–H and O–H groups in total. The molecule has 2 heterocycles. The van der Waals surface area contributed by atoms with Gasteiger partial charge in [0.05, 0.1) is 17.3 Å². The summed E-state index contributed by atoms with van der Waals surface area (Å²) < 4.78 is 0. The maximum atomic E-state index is 12.6. The molecule has 3 aromatic rings. The highest BCUT2D eigenvalue weighted by Crippen LogP contribution is 2.29. The predicted molar refractivity (Wildman–Crippen MR) is 86.3 cm³/mol. The summed E-state index contributed by atoms with van der Waals surface area (Å²) in [5, 5.41) is 6.54. The number of pyridine rings is 1. The molecule has 0 saturated carbocycles. The number of hydrazone groups is 1. The highest BCUT2D eigenvalue weighted by molar-refractivity contribution is 6.25. The minimum Gasteiger partial charge on any atom is -0.267 e. The lowest BCUT2D eigenvalue weighted by molar-refractivity contribution is 0.0616. The smallest absolute Gasteiger partial charge is 0.267 e. The fourth-order valence-corrected chi connectivity index (χ4v) is 2.70. The van der Waals surface area contributed by atoms with Crippen LogP contribution in [-0.4, -0.2) is 28.0 Å². The Kier molecular flexibility index (Phi) is 2.98. The summed E-state index contributed by atoms with van der Waals surface area (Å²) in [5.41, 5.74) is 1.69. The maximum Gasteiger partial charge on any atom is 0.282 e. The Hall–Kier alpha value is -3.34. The van der Waals surface area contributed by atoms with Crippen LogP contribution >= 0.6 is 0 Å². The van der Waals surface area contributed by atoms with Gasteiger partial charge in [-0.2, -0.15) is 10.1 Å². The second-order valence-electron chi connectivity index (χ2n) is 5.16. The average Bonchev–Trinajstić information content (AvgIpc) is 2.60. The van der Waals surface area contributed by atoms with Crippen LogP contribution in [0.5, 0.6) is 0 Å². The number of benzene rings is 2. The first-order valence-corrected chi connectivity index (χ1v) is 7.10. The summed E-state index contributed by atoms with van der Waals surface area (Å²) >= 11 is 0. The van der Waals surface area contributed by atoms with Crippen LogP contribution in [0.1, 0.15) is 26.3 Å². The summed E-state index contributed by atoms with van der Waals surface area (Å²) in [5.74, 6) is -0.834. The molecule has 1 aromatic heterocycles. The molecule has 110 valence electrons. The number of carbonyl (C=O) groups is 2. The monoisotopic (exact) mass is 301 g/mol. The molecule has 0 atom stereocenters. The van der Waals surface area contributed by atoms with Crippen molar-refractivity contribution in [3.63, 3.8) is 0 Å². The lowest BCUT2D eigenvalue weighted by Gasteiger charge is -2.22. The Morgan fingerprint density at radius 2 is 1.61 bits per heavy atom. The Morgan fingerprint density at radius 1 is 0.913 bits per heavy atom. The van der Waals surface area contributed by atoms with E-state index in [4.69, 9.17) is 0 Å². The molecule has 1 aliphatic rings. The van der Waals surface area contributed by atoms with Crippen LogP contribution < -0.4 is 0 Å². The van der Waals surface area contributed by atoms with E-state index in [-0.39, 0.29) is 0 Å². The van der Waals surface area contributed by atoms with E-state index in [9.17, 15) is 9.59 Å². The highest BCUT2D eigenvalue weighted by atomic mass is 16.2. The third-order valence-corrected chi connectivity index (χ3v) is 3.76. The number of carbonyl (C=O) groups excluding carboxylic acids is 2. The van der Waals surface area contributed by atoms with Crippen molar-refractivity contribution in [3.8, 4) is 0 Å². The van der Waals surface area contributed by atoms with Gasteiger partial charge in [0.15, 0.2) is 0 Å². The fourth-order valence-electron chi connectivity index (χ4n) is 2.70. The minimum atomic E-state index is -0.417. The summed E-state index contributed by atoms with van der Waals surface area (Å²) in [6.07, 6.45) is 4.71. The Morgan fingerprint density at radius 3 is 2.22 bits per heavy atom. The van der Waals surface area contributed by atoms with E-state index in [1.165, 1.54) is 6.21 Å². The van der Waals surface area contributed by atoms with E-state index in [2.05, 4.69) is 10.1 Å². The van der Waals surface area contributed by atoms with Crippen molar-refractivity contribution in [2.45, 2.75) is 0 Å². The van der Waals surface area contributed by atoms with Crippen molar-refractivity contribution < 1.29 is 9.59 Å². The van der Waals surface area contributed by atoms with Gasteiger partial charge in [0.2, 0.25) is 0 Å². The molecule has 0 aliphatic carbocycles. The van der Waals surface area contributed by atoms with Crippen LogP contribution in [0.25, 0.3) is 10.8 Å². The number of hydrogen-bond donors (Lipinski definition) is 0. The Bertz CT molecular complexity index is 914. The molecule has 4 rings (SSSR count). The van der Waals surface area contributed by atoms with Gasteiger partial charge in [0.1, 0.15) is 0 Å². The van der Waals surface area contributed by atoms with Crippen molar-refractivity contribution in [3.05, 3.63) is 77.6 Å². The van der Waals surface area contributed by atoms with Crippen LogP contribution in [0.2, 0.25) is 0 Å². The third-order valence-electron chi connectivity index (χ3n) is 3.76. The van der Waals surface area contributed by atoms with Gasteiger partial charge < -0.3 is 0 Å². The largest absolute Gasteiger partial charge is 0.282 e. The van der Waals surface area contributed by atoms with Gasteiger partial charge in [-0.05, 0) is 23.6 Å². The summed E-state index contributed by atoms with van der Waals surface area (Å²) in [7, 11) is 0. The first kappa shape index (κ1) is 13.3. The fraction of sp³-hybridized carbons (Fsp3) is 0. The SMILES string of the molecule is O=C1c2cccc3cccc(c23)C(=O)N1N=Cc1cccnc1. The van der Waals surface area contributed by atoms with Gasteiger partial charge >= 0.3 is 0 Å². The zero-order chi connectivity index (χ0) is 15.8. The second kappa shape index (κ2) is 5.14.